The van der Waals surface area contributed by atoms with Crippen LogP contribution in [0.1, 0.15) is 199 Å². The van der Waals surface area contributed by atoms with Gasteiger partial charge < -0.3 is 31.1 Å². The lowest BCUT2D eigenvalue weighted by atomic mass is 9.74. The van der Waals surface area contributed by atoms with Crippen molar-refractivity contribution < 1.29 is 47.9 Å². The summed E-state index contributed by atoms with van der Waals surface area (Å²) in [7, 11) is 0. The van der Waals surface area contributed by atoms with Crippen LogP contribution in [0, 0.1) is 29.1 Å². The van der Waals surface area contributed by atoms with Gasteiger partial charge in [0.15, 0.2) is 11.6 Å². The molecular formula is C58H79N9O10. The van der Waals surface area contributed by atoms with Gasteiger partial charge in [0, 0.05) is 67.7 Å². The molecule has 19 heteroatoms. The fraction of sp³-hybridized carbons (Fsp3) is 0.655. The molecule has 6 aliphatic rings. The van der Waals surface area contributed by atoms with Gasteiger partial charge in [-0.15, -0.1) is 0 Å². The average molecular weight is 1060 g/mol. The number of amides is 7. The van der Waals surface area contributed by atoms with Gasteiger partial charge in [-0.3, -0.25) is 53.3 Å². The molecule has 8 rings (SSSR count). The van der Waals surface area contributed by atoms with E-state index in [1.807, 2.05) is 39.8 Å². The largest absolute Gasteiger partial charge is 0.385 e. The van der Waals surface area contributed by atoms with Crippen LogP contribution in [-0.4, -0.2) is 122 Å². The Morgan fingerprint density at radius 2 is 1.55 bits per heavy atom. The zero-order chi connectivity index (χ0) is 55.0. The minimum absolute atomic E-state index is 0.0138. The molecule has 19 nitrogen and oxygen atoms in total. The summed E-state index contributed by atoms with van der Waals surface area (Å²) in [5, 5.41) is 14.4. The minimum atomic E-state index is -1.02. The number of hydrogen-bond donors (Lipinski definition) is 5. The van der Waals surface area contributed by atoms with Crippen molar-refractivity contribution in [2.75, 3.05) is 18.4 Å². The summed E-state index contributed by atoms with van der Waals surface area (Å²) in [5.41, 5.74) is 1.66. The molecule has 1 aromatic carbocycles. The number of carbonyl (C=O) groups excluding carboxylic acids is 10. The topological polar surface area (TPSA) is 263 Å². The number of Topliss-reactive ketones (excluding diaryl/α,β-unsaturated/α-hetero) is 3. The Balaban J connectivity index is 0.820. The molecule has 0 bridgehead atoms. The van der Waals surface area contributed by atoms with Crippen molar-refractivity contribution in [3.05, 3.63) is 53.1 Å². The van der Waals surface area contributed by atoms with Crippen LogP contribution >= 0.6 is 0 Å². The number of fused-ring (bicyclic) bond motifs is 2. The molecule has 0 radical (unpaired) electrons. The first-order chi connectivity index (χ1) is 36.9. The molecule has 7 atom stereocenters. The van der Waals surface area contributed by atoms with Crippen molar-refractivity contribution in [2.24, 2.45) is 29.1 Å². The molecule has 5 N–H and O–H groups in total. The molecular weight excluding hydrogens is 983 g/mol. The van der Waals surface area contributed by atoms with Crippen LogP contribution in [0.4, 0.5) is 5.69 Å². The third-order valence-electron chi connectivity index (χ3n) is 16.9. The third-order valence-corrected chi connectivity index (χ3v) is 16.9. The number of carbonyl (C=O) groups is 10. The lowest BCUT2D eigenvalue weighted by Gasteiger charge is -2.37. The number of likely N-dealkylation sites (tertiary alicyclic amines) is 1. The summed E-state index contributed by atoms with van der Waals surface area (Å²) in [6, 6.07) is 2.06. The maximum Gasteiger partial charge on any atom is 0.289 e. The monoisotopic (exact) mass is 1060 g/mol. The summed E-state index contributed by atoms with van der Waals surface area (Å²) in [5.74, 6) is -5.19. The van der Waals surface area contributed by atoms with Crippen LogP contribution in [0.5, 0.6) is 0 Å². The second kappa shape index (κ2) is 25.4. The molecule has 1 unspecified atom stereocenters. The number of imide groups is 1. The standard InChI is InChI=1S/C58H79N9O10/c1-5-16-42(51(71)55(75)62-36-24-25-36)63-54(74)50-37-20-14-19-35(37)32-67(50)57(77)40(58(2,3)4)29-47(69)49(34-17-10-9-11-18-34)65-52(72)44-31-60-43(30-61-44)46(68)23-12-7-6-8-13-28-59-41-22-15-21-38-39(41)33-66(56(38)76)45-26-27-48(70)64-53(45)73/h15,21-22,30-31,34-37,40,42,45,49-50,59H,5-14,16-20,23-29,32-33H2,1-4H3,(H,62,75)(H,63,74)(H,65,72)(H,64,70,73)/t35-,37-,40+,42-,45?,49-,50-/m0/s1. The fourth-order valence-electron chi connectivity index (χ4n) is 12.4. The molecule has 0 spiro atoms. The molecule has 2 aromatic rings. The van der Waals surface area contributed by atoms with Gasteiger partial charge in [0.05, 0.1) is 24.5 Å². The quantitative estimate of drug-likeness (QED) is 0.0335. The van der Waals surface area contributed by atoms with Crippen LogP contribution in [0.3, 0.4) is 0 Å². The van der Waals surface area contributed by atoms with Crippen molar-refractivity contribution in [2.45, 2.75) is 199 Å². The van der Waals surface area contributed by atoms with Gasteiger partial charge in [0.25, 0.3) is 17.7 Å². The second-order valence-electron chi connectivity index (χ2n) is 23.6. The van der Waals surface area contributed by atoms with E-state index >= 15 is 0 Å². The molecule has 416 valence electrons. The zero-order valence-corrected chi connectivity index (χ0v) is 45.4. The Morgan fingerprint density at radius 3 is 2.25 bits per heavy atom. The molecule has 3 saturated carbocycles. The zero-order valence-electron chi connectivity index (χ0n) is 45.4. The fourth-order valence-corrected chi connectivity index (χ4v) is 12.4. The number of anilines is 1. The number of nitrogens with zero attached hydrogens (tertiary/aromatic N) is 4. The Kier molecular flexibility index (Phi) is 18.7. The highest BCUT2D eigenvalue weighted by molar-refractivity contribution is 6.38. The summed E-state index contributed by atoms with van der Waals surface area (Å²) < 4.78 is 0. The van der Waals surface area contributed by atoms with E-state index in [9.17, 15) is 47.9 Å². The second-order valence-corrected chi connectivity index (χ2v) is 23.6. The van der Waals surface area contributed by atoms with E-state index in [-0.39, 0.29) is 90.2 Å². The van der Waals surface area contributed by atoms with Crippen molar-refractivity contribution in [3.63, 3.8) is 0 Å². The van der Waals surface area contributed by atoms with Crippen LogP contribution in [0.15, 0.2) is 30.6 Å². The summed E-state index contributed by atoms with van der Waals surface area (Å²) in [4.78, 5) is 146. The van der Waals surface area contributed by atoms with Crippen molar-refractivity contribution in [1.29, 1.82) is 0 Å². The van der Waals surface area contributed by atoms with E-state index in [4.69, 9.17) is 0 Å². The highest BCUT2D eigenvalue weighted by Gasteiger charge is 2.53. The van der Waals surface area contributed by atoms with Crippen LogP contribution in [-0.2, 0) is 40.1 Å². The SMILES string of the molecule is CCC[C@H](NC(=O)[C@@H]1[C@H]2CCC[C@H]2CN1C(=O)[C@@H](CC(=O)[C@@H](NC(=O)c1cnc(C(=O)CCCCCCCNc2cccc3c2CN(C2CCC(=O)NC2=O)C3=O)cn1)C1CCCCC1)C(C)(C)C)C(=O)C(=O)NC1CC1. The molecule has 5 fully saturated rings. The van der Waals surface area contributed by atoms with Crippen LogP contribution in [0.25, 0.3) is 0 Å². The Morgan fingerprint density at radius 1 is 0.818 bits per heavy atom. The van der Waals surface area contributed by atoms with E-state index in [1.165, 1.54) is 12.4 Å². The van der Waals surface area contributed by atoms with Gasteiger partial charge >= 0.3 is 0 Å². The van der Waals surface area contributed by atoms with Crippen molar-refractivity contribution in [3.8, 4) is 0 Å². The molecule has 3 aliphatic carbocycles. The molecule has 77 heavy (non-hydrogen) atoms. The van der Waals surface area contributed by atoms with E-state index in [2.05, 4.69) is 36.6 Å². The van der Waals surface area contributed by atoms with Crippen LogP contribution < -0.4 is 26.6 Å². The molecule has 3 aliphatic heterocycles. The van der Waals surface area contributed by atoms with Gasteiger partial charge in [-0.25, -0.2) is 9.97 Å². The number of hydrogen-bond acceptors (Lipinski definition) is 13. The first kappa shape index (κ1) is 56.8. The summed E-state index contributed by atoms with van der Waals surface area (Å²) in [6.07, 6.45) is 16.6. The predicted molar refractivity (Wildman–Crippen MR) is 285 cm³/mol. The number of ketones is 3. The summed E-state index contributed by atoms with van der Waals surface area (Å²) >= 11 is 0. The van der Waals surface area contributed by atoms with E-state index in [1.54, 1.807) is 15.9 Å². The van der Waals surface area contributed by atoms with E-state index < -0.39 is 64.9 Å². The van der Waals surface area contributed by atoms with Crippen molar-refractivity contribution in [1.82, 2.24) is 41.0 Å². The first-order valence-electron chi connectivity index (χ1n) is 28.6. The molecule has 7 amide bonds. The van der Waals surface area contributed by atoms with Crippen LogP contribution in [0.2, 0.25) is 0 Å². The summed E-state index contributed by atoms with van der Waals surface area (Å²) in [6.45, 7) is 8.93. The number of nitrogens with one attached hydrogen (secondary N) is 5. The van der Waals surface area contributed by atoms with E-state index in [0.717, 1.165) is 101 Å². The number of piperidine rings is 1. The molecule has 4 heterocycles. The minimum Gasteiger partial charge on any atom is -0.385 e. The number of rotatable bonds is 25. The highest BCUT2D eigenvalue weighted by Crippen LogP contribution is 2.45. The number of benzene rings is 1. The average Bonchev–Trinajstić information content (AvgIpc) is 3.93. The smallest absolute Gasteiger partial charge is 0.289 e. The van der Waals surface area contributed by atoms with E-state index in [0.29, 0.717) is 44.5 Å². The predicted octanol–water partition coefficient (Wildman–Crippen LogP) is 5.93. The highest BCUT2D eigenvalue weighted by atomic mass is 16.2. The molecule has 2 saturated heterocycles. The van der Waals surface area contributed by atoms with Gasteiger partial charge in [0.2, 0.25) is 29.4 Å². The number of aromatic nitrogens is 2. The number of unbranched alkanes of at least 4 members (excludes halogenated alkanes) is 4. The van der Waals surface area contributed by atoms with Crippen molar-refractivity contribution >= 4 is 64.4 Å². The Hall–Kier alpha value is -6.40. The Labute approximate surface area is 451 Å². The van der Waals surface area contributed by atoms with Gasteiger partial charge in [-0.2, -0.15) is 0 Å². The molecule has 1 aromatic heterocycles. The Bertz CT molecular complexity index is 2570. The third kappa shape index (κ3) is 13.8. The first-order valence-corrected chi connectivity index (χ1v) is 28.6. The van der Waals surface area contributed by atoms with Gasteiger partial charge in [-0.1, -0.05) is 85.1 Å². The van der Waals surface area contributed by atoms with Gasteiger partial charge in [0.1, 0.15) is 23.5 Å². The lowest BCUT2D eigenvalue weighted by Crippen LogP contribution is -2.56. The lowest BCUT2D eigenvalue weighted by molar-refractivity contribution is -0.148. The maximum atomic E-state index is 15.0. The maximum absolute atomic E-state index is 15.0. The van der Waals surface area contributed by atoms with Gasteiger partial charge in [-0.05, 0) is 99.5 Å². The normalized spacial score (nSPS) is 22.6.